The number of aromatic carboxylic acids is 1. The average Bonchev–Trinajstić information content (AvgIpc) is 2.67. The van der Waals surface area contributed by atoms with Gasteiger partial charge in [0.2, 0.25) is 0 Å². The number of carbonyl (C=O) groups excluding carboxylic acids is 2. The van der Waals surface area contributed by atoms with Gasteiger partial charge in [-0.25, -0.2) is 4.79 Å². The summed E-state index contributed by atoms with van der Waals surface area (Å²) in [6.07, 6.45) is 0. The van der Waals surface area contributed by atoms with Gasteiger partial charge in [0.15, 0.2) is 16.9 Å². The number of carboxylic acid groups (broad SMARTS) is 1. The molecule has 0 saturated carbocycles. The summed E-state index contributed by atoms with van der Waals surface area (Å²) >= 11 is 3.08. The molecule has 1 aliphatic rings. The third-order valence-corrected chi connectivity index (χ3v) is 2.84. The molecule has 0 spiro atoms. The van der Waals surface area contributed by atoms with Crippen LogP contribution in [0.4, 0.5) is 0 Å². The molecule has 2 aromatic rings. The molecule has 0 radical (unpaired) electrons. The lowest BCUT2D eigenvalue weighted by Crippen LogP contribution is -2.24. The number of benzene rings is 1. The van der Waals surface area contributed by atoms with Gasteiger partial charge < -0.3 is 19.1 Å². The maximum atomic E-state index is 11.2. The SMILES string of the molecule is O=C([O-])c1c2c3oc1c(Br)c3OC2=O. The highest BCUT2D eigenvalue weighted by atomic mass is 79.9. The van der Waals surface area contributed by atoms with Crippen molar-refractivity contribution in [1.29, 1.82) is 0 Å². The number of carboxylic acids is 1. The minimum atomic E-state index is -1.44. The van der Waals surface area contributed by atoms with Crippen LogP contribution < -0.4 is 9.84 Å². The maximum Gasteiger partial charge on any atom is 0.348 e. The van der Waals surface area contributed by atoms with Crippen molar-refractivity contribution in [3.63, 3.8) is 0 Å². The third kappa shape index (κ3) is 0.630. The summed E-state index contributed by atoms with van der Waals surface area (Å²) in [5, 5.41) is 10.7. The topological polar surface area (TPSA) is 79.6 Å². The fourth-order valence-electron chi connectivity index (χ4n) is 1.57. The highest BCUT2D eigenvalue weighted by Gasteiger charge is 2.38. The summed E-state index contributed by atoms with van der Waals surface area (Å²) in [6.45, 7) is 0. The predicted octanol–water partition coefficient (Wildman–Crippen LogP) is 0.529. The lowest BCUT2D eigenvalue weighted by molar-refractivity contribution is -0.254. The van der Waals surface area contributed by atoms with Crippen molar-refractivity contribution < 1.29 is 23.8 Å². The van der Waals surface area contributed by atoms with E-state index in [4.69, 9.17) is 9.15 Å². The van der Waals surface area contributed by atoms with E-state index in [-0.39, 0.29) is 28.0 Å². The van der Waals surface area contributed by atoms with Crippen LogP contribution in [0, 0.1) is 0 Å². The van der Waals surface area contributed by atoms with E-state index >= 15 is 0 Å². The quantitative estimate of drug-likeness (QED) is 0.695. The van der Waals surface area contributed by atoms with Crippen LogP contribution in [0.2, 0.25) is 0 Å². The molecule has 0 saturated heterocycles. The van der Waals surface area contributed by atoms with Crippen molar-refractivity contribution in [2.45, 2.75) is 0 Å². The first-order valence-corrected chi connectivity index (χ1v) is 4.41. The Balaban J connectivity index is 2.52. The van der Waals surface area contributed by atoms with Gasteiger partial charge in [-0.15, -0.1) is 0 Å². The van der Waals surface area contributed by atoms with E-state index in [0.717, 1.165) is 0 Å². The monoisotopic (exact) mass is 255 g/mol. The number of hydrogen-bond donors (Lipinski definition) is 0. The summed E-state index contributed by atoms with van der Waals surface area (Å²) in [5.74, 6) is -1.90. The molecule has 5 nitrogen and oxygen atoms in total. The molecule has 2 bridgehead atoms. The molecule has 0 N–H and O–H groups in total. The van der Waals surface area contributed by atoms with E-state index in [1.165, 1.54) is 0 Å². The molecule has 3 heterocycles. The van der Waals surface area contributed by atoms with E-state index in [1.807, 2.05) is 0 Å². The van der Waals surface area contributed by atoms with E-state index in [2.05, 4.69) is 15.9 Å². The number of carbonyl (C=O) groups is 2. The lowest BCUT2D eigenvalue weighted by Gasteiger charge is -1.98. The zero-order valence-corrected chi connectivity index (χ0v) is 8.01. The molecule has 14 heavy (non-hydrogen) atoms. The van der Waals surface area contributed by atoms with Crippen LogP contribution in [0.15, 0.2) is 8.89 Å². The van der Waals surface area contributed by atoms with Gasteiger partial charge in [0.25, 0.3) is 0 Å². The lowest BCUT2D eigenvalue weighted by atomic mass is 10.1. The Bertz CT molecular complexity index is 582. The number of hydrogen-bond acceptors (Lipinski definition) is 5. The number of ether oxygens (including phenoxy) is 1. The molecule has 6 heteroatoms. The van der Waals surface area contributed by atoms with Crippen LogP contribution in [-0.4, -0.2) is 11.9 Å². The van der Waals surface area contributed by atoms with Crippen molar-refractivity contribution in [3.8, 4) is 5.75 Å². The van der Waals surface area contributed by atoms with Crippen molar-refractivity contribution in [3.05, 3.63) is 15.6 Å². The second-order valence-electron chi connectivity index (χ2n) is 2.83. The molecular weight excluding hydrogens is 256 g/mol. The Kier molecular flexibility index (Phi) is 1.16. The Morgan fingerprint density at radius 2 is 2.07 bits per heavy atom. The molecule has 0 atom stereocenters. The fourth-order valence-corrected chi connectivity index (χ4v) is 2.11. The first kappa shape index (κ1) is 7.81. The van der Waals surface area contributed by atoms with Gasteiger partial charge in [0, 0.05) is 0 Å². The van der Waals surface area contributed by atoms with Crippen molar-refractivity contribution in [2.75, 3.05) is 0 Å². The molecule has 0 aromatic carbocycles. The third-order valence-electron chi connectivity index (χ3n) is 2.12. The van der Waals surface area contributed by atoms with E-state index in [0.29, 0.717) is 4.47 Å². The molecule has 0 aliphatic carbocycles. The van der Waals surface area contributed by atoms with Gasteiger partial charge in [0.05, 0.1) is 11.5 Å². The zero-order chi connectivity index (χ0) is 10.0. The molecule has 2 aromatic heterocycles. The average molecular weight is 256 g/mol. The van der Waals surface area contributed by atoms with Gasteiger partial charge in [-0.1, -0.05) is 0 Å². The Hall–Kier alpha value is -1.56. The number of fused-ring (bicyclic) bond motifs is 1. The van der Waals surface area contributed by atoms with Crippen molar-refractivity contribution >= 4 is 39.0 Å². The summed E-state index contributed by atoms with van der Waals surface area (Å²) < 4.78 is 10.2. The van der Waals surface area contributed by atoms with Gasteiger partial charge in [0.1, 0.15) is 10.0 Å². The van der Waals surface area contributed by atoms with Crippen molar-refractivity contribution in [2.24, 2.45) is 0 Å². The number of esters is 1. The van der Waals surface area contributed by atoms with E-state index in [1.54, 1.807) is 0 Å². The van der Waals surface area contributed by atoms with Crippen LogP contribution in [-0.2, 0) is 0 Å². The summed E-state index contributed by atoms with van der Waals surface area (Å²) in [4.78, 5) is 21.9. The molecular formula is C8BrO5-. The molecule has 1 aliphatic heterocycles. The second-order valence-corrected chi connectivity index (χ2v) is 3.62. The second kappa shape index (κ2) is 2.09. The Morgan fingerprint density at radius 1 is 1.36 bits per heavy atom. The molecule has 70 valence electrons. The minimum Gasteiger partial charge on any atom is -0.545 e. The summed E-state index contributed by atoms with van der Waals surface area (Å²) in [6, 6.07) is 0. The van der Waals surface area contributed by atoms with Crippen LogP contribution in [0.25, 0.3) is 11.2 Å². The van der Waals surface area contributed by atoms with Gasteiger partial charge in [-0.3, -0.25) is 0 Å². The van der Waals surface area contributed by atoms with Crippen LogP contribution >= 0.6 is 15.9 Å². The van der Waals surface area contributed by atoms with Crippen LogP contribution in [0.3, 0.4) is 0 Å². The van der Waals surface area contributed by atoms with E-state index < -0.39 is 11.9 Å². The molecule has 0 unspecified atom stereocenters. The Labute approximate surface area is 84.7 Å². The molecule has 3 rings (SSSR count). The number of rotatable bonds is 1. The van der Waals surface area contributed by atoms with Gasteiger partial charge >= 0.3 is 5.97 Å². The highest BCUT2D eigenvalue weighted by molar-refractivity contribution is 9.10. The standard InChI is InChI=1S/C8HBrO5/c9-3-4-1(7(10)11)2-5(13-4)6(3)14-8(2)12/h(H,10,11)/p-1. The predicted molar refractivity (Wildman–Crippen MR) is 44.4 cm³/mol. The van der Waals surface area contributed by atoms with Crippen LogP contribution in [0.1, 0.15) is 20.7 Å². The zero-order valence-electron chi connectivity index (χ0n) is 6.42. The number of halogens is 1. The highest BCUT2D eigenvalue weighted by Crippen LogP contribution is 2.49. The smallest absolute Gasteiger partial charge is 0.348 e. The Morgan fingerprint density at radius 3 is 2.71 bits per heavy atom. The summed E-state index contributed by atoms with van der Waals surface area (Å²) in [5.41, 5.74) is -0.0109. The van der Waals surface area contributed by atoms with Crippen LogP contribution in [0.5, 0.6) is 5.75 Å². The summed E-state index contributed by atoms with van der Waals surface area (Å²) in [7, 11) is 0. The first-order chi connectivity index (χ1) is 6.61. The normalized spacial score (nSPS) is 13.9. The first-order valence-electron chi connectivity index (χ1n) is 3.62. The molecule has 0 fully saturated rings. The van der Waals surface area contributed by atoms with E-state index in [9.17, 15) is 14.7 Å². The molecule has 0 amide bonds. The van der Waals surface area contributed by atoms with Gasteiger partial charge in [-0.2, -0.15) is 0 Å². The van der Waals surface area contributed by atoms with Gasteiger partial charge in [-0.05, 0) is 15.9 Å². The van der Waals surface area contributed by atoms with Crippen molar-refractivity contribution in [1.82, 2.24) is 0 Å². The largest absolute Gasteiger partial charge is 0.545 e. The maximum absolute atomic E-state index is 11.2. The number of furan rings is 2. The fraction of sp³-hybridized carbons (Fsp3) is 0. The minimum absolute atomic E-state index is 0.0433.